The lowest BCUT2D eigenvalue weighted by Gasteiger charge is -2.11. The Morgan fingerprint density at radius 1 is 1.04 bits per heavy atom. The fraction of sp³-hybridized carbons (Fsp3) is 0.105. The molecule has 0 fully saturated rings. The van der Waals surface area contributed by atoms with Gasteiger partial charge in [0.25, 0.3) is 0 Å². The summed E-state index contributed by atoms with van der Waals surface area (Å²) >= 11 is 6.14. The molecule has 0 saturated heterocycles. The lowest BCUT2D eigenvalue weighted by atomic mass is 10.2. The van der Waals surface area contributed by atoms with Crippen LogP contribution in [-0.4, -0.2) is 28.2 Å². The zero-order valence-electron chi connectivity index (χ0n) is 14.7. The van der Waals surface area contributed by atoms with E-state index >= 15 is 0 Å². The van der Waals surface area contributed by atoms with E-state index in [2.05, 4.69) is 20.6 Å². The zero-order valence-corrected chi connectivity index (χ0v) is 15.4. The number of methoxy groups -OCH3 is 1. The molecule has 0 aliphatic rings. The van der Waals surface area contributed by atoms with Crippen molar-refractivity contribution < 1.29 is 14.6 Å². The van der Waals surface area contributed by atoms with Crippen molar-refractivity contribution in [1.82, 2.24) is 9.97 Å². The quantitative estimate of drug-likeness (QED) is 0.570. The molecule has 0 radical (unpaired) electrons. The number of hydrogen-bond acceptors (Lipinski definition) is 6. The highest BCUT2D eigenvalue weighted by atomic mass is 35.5. The topological polar surface area (TPSA) is 96.4 Å². The number of anilines is 4. The highest BCUT2D eigenvalue weighted by Crippen LogP contribution is 2.28. The molecule has 0 amide bonds. The molecule has 3 aromatic rings. The first kappa shape index (κ1) is 18.5. The van der Waals surface area contributed by atoms with E-state index < -0.39 is 5.97 Å². The Hall–Kier alpha value is -3.32. The monoisotopic (exact) mass is 384 g/mol. The highest BCUT2D eigenvalue weighted by Gasteiger charge is 2.07. The van der Waals surface area contributed by atoms with Crippen molar-refractivity contribution in [3.63, 3.8) is 0 Å². The number of carboxylic acid groups (broad SMARTS) is 1. The van der Waals surface area contributed by atoms with Crippen LogP contribution in [0.25, 0.3) is 0 Å². The van der Waals surface area contributed by atoms with Crippen molar-refractivity contribution in [2.24, 2.45) is 0 Å². The van der Waals surface area contributed by atoms with Gasteiger partial charge < -0.3 is 20.5 Å². The van der Waals surface area contributed by atoms with Crippen LogP contribution in [0.1, 0.15) is 16.1 Å². The smallest absolute Gasteiger partial charge is 0.335 e. The molecule has 1 aromatic heterocycles. The van der Waals surface area contributed by atoms with Gasteiger partial charge in [-0.1, -0.05) is 11.6 Å². The molecule has 1 heterocycles. The number of halogens is 1. The number of aryl methyl sites for hydroxylation is 1. The van der Waals surface area contributed by atoms with Gasteiger partial charge in [0.15, 0.2) is 0 Å². The summed E-state index contributed by atoms with van der Waals surface area (Å²) < 4.78 is 5.14. The van der Waals surface area contributed by atoms with Crippen molar-refractivity contribution in [2.45, 2.75) is 6.92 Å². The summed E-state index contributed by atoms with van der Waals surface area (Å²) in [5.74, 6) is 0.595. The number of aromatic carboxylic acids is 1. The van der Waals surface area contributed by atoms with E-state index in [1.807, 2.05) is 13.0 Å². The van der Waals surface area contributed by atoms with Gasteiger partial charge in [0, 0.05) is 23.1 Å². The Balaban J connectivity index is 1.79. The predicted octanol–water partition coefficient (Wildman–Crippen LogP) is 4.63. The summed E-state index contributed by atoms with van der Waals surface area (Å²) in [6.45, 7) is 1.85. The summed E-state index contributed by atoms with van der Waals surface area (Å²) in [7, 11) is 1.55. The second-order valence-electron chi connectivity index (χ2n) is 5.70. The predicted molar refractivity (Wildman–Crippen MR) is 105 cm³/mol. The van der Waals surface area contributed by atoms with Gasteiger partial charge >= 0.3 is 5.97 Å². The number of carbonyl (C=O) groups is 1. The van der Waals surface area contributed by atoms with E-state index in [4.69, 9.17) is 21.4 Å². The molecule has 0 aliphatic heterocycles. The fourth-order valence-electron chi connectivity index (χ4n) is 2.41. The minimum atomic E-state index is -0.968. The number of rotatable bonds is 6. The summed E-state index contributed by atoms with van der Waals surface area (Å²) in [5.41, 5.74) is 2.43. The second kappa shape index (κ2) is 7.92. The van der Waals surface area contributed by atoms with Gasteiger partial charge in [-0.3, -0.25) is 0 Å². The standard InChI is InChI=1S/C19H17ClN4O3/c1-11-9-17(22-13-5-3-12(4-6-13)18(25)26)24-19(21-11)23-14-7-8-16(27-2)15(20)10-14/h3-10H,1-2H3,(H,25,26)(H2,21,22,23,24). The van der Waals surface area contributed by atoms with Gasteiger partial charge in [0.1, 0.15) is 11.6 Å². The van der Waals surface area contributed by atoms with E-state index in [0.717, 1.165) is 17.1 Å². The lowest BCUT2D eigenvalue weighted by Crippen LogP contribution is -2.03. The van der Waals surface area contributed by atoms with Crippen molar-refractivity contribution >= 4 is 40.7 Å². The minimum absolute atomic E-state index is 0.221. The number of nitrogens with zero attached hydrogens (tertiary/aromatic N) is 2. The Morgan fingerprint density at radius 3 is 2.37 bits per heavy atom. The van der Waals surface area contributed by atoms with Gasteiger partial charge in [0.2, 0.25) is 5.95 Å². The third-order valence-electron chi connectivity index (χ3n) is 3.67. The molecule has 0 bridgehead atoms. The number of ether oxygens (including phenoxy) is 1. The second-order valence-corrected chi connectivity index (χ2v) is 6.11. The fourth-order valence-corrected chi connectivity index (χ4v) is 2.66. The van der Waals surface area contributed by atoms with Crippen LogP contribution in [0.4, 0.5) is 23.1 Å². The van der Waals surface area contributed by atoms with Crippen LogP contribution < -0.4 is 15.4 Å². The van der Waals surface area contributed by atoms with Gasteiger partial charge in [-0.2, -0.15) is 4.98 Å². The Morgan fingerprint density at radius 2 is 1.74 bits per heavy atom. The molecule has 8 heteroatoms. The minimum Gasteiger partial charge on any atom is -0.495 e. The van der Waals surface area contributed by atoms with Crippen LogP contribution in [0.15, 0.2) is 48.5 Å². The average molecular weight is 385 g/mol. The molecular weight excluding hydrogens is 368 g/mol. The first-order valence-electron chi connectivity index (χ1n) is 8.01. The van der Waals surface area contributed by atoms with E-state index in [0.29, 0.717) is 22.5 Å². The molecule has 7 nitrogen and oxygen atoms in total. The third-order valence-corrected chi connectivity index (χ3v) is 3.96. The van der Waals surface area contributed by atoms with Crippen molar-refractivity contribution in [3.05, 3.63) is 64.8 Å². The van der Waals surface area contributed by atoms with E-state index in [9.17, 15) is 4.79 Å². The number of hydrogen-bond donors (Lipinski definition) is 3. The maximum absolute atomic E-state index is 10.9. The molecule has 3 rings (SSSR count). The van der Waals surface area contributed by atoms with E-state index in [1.54, 1.807) is 37.4 Å². The van der Waals surface area contributed by atoms with Crippen LogP contribution in [0, 0.1) is 6.92 Å². The van der Waals surface area contributed by atoms with Gasteiger partial charge in [-0.25, -0.2) is 9.78 Å². The molecule has 138 valence electrons. The van der Waals surface area contributed by atoms with Crippen LogP contribution in [0.2, 0.25) is 5.02 Å². The van der Waals surface area contributed by atoms with Crippen molar-refractivity contribution in [3.8, 4) is 5.75 Å². The normalized spacial score (nSPS) is 10.3. The molecule has 2 aromatic carbocycles. The average Bonchev–Trinajstić information content (AvgIpc) is 2.62. The van der Waals surface area contributed by atoms with Crippen LogP contribution in [0.3, 0.4) is 0 Å². The Labute approximate surface area is 161 Å². The number of aromatic nitrogens is 2. The summed E-state index contributed by atoms with van der Waals surface area (Å²) in [4.78, 5) is 19.7. The molecule has 27 heavy (non-hydrogen) atoms. The Bertz CT molecular complexity index is 977. The first-order valence-corrected chi connectivity index (χ1v) is 8.39. The van der Waals surface area contributed by atoms with Gasteiger partial charge in [0.05, 0.1) is 17.7 Å². The molecule has 0 atom stereocenters. The summed E-state index contributed by atoms with van der Waals surface area (Å²) in [6.07, 6.45) is 0. The summed E-state index contributed by atoms with van der Waals surface area (Å²) in [5, 5.41) is 15.7. The molecule has 3 N–H and O–H groups in total. The number of carboxylic acids is 1. The number of nitrogens with one attached hydrogen (secondary N) is 2. The van der Waals surface area contributed by atoms with E-state index in [-0.39, 0.29) is 5.56 Å². The zero-order chi connectivity index (χ0) is 19.4. The van der Waals surface area contributed by atoms with Gasteiger partial charge in [-0.15, -0.1) is 0 Å². The van der Waals surface area contributed by atoms with Crippen LogP contribution in [-0.2, 0) is 0 Å². The van der Waals surface area contributed by atoms with Gasteiger partial charge in [-0.05, 0) is 49.4 Å². The van der Waals surface area contributed by atoms with Crippen molar-refractivity contribution in [2.75, 3.05) is 17.7 Å². The number of benzene rings is 2. The molecule has 0 saturated carbocycles. The molecule has 0 spiro atoms. The Kier molecular flexibility index (Phi) is 5.42. The molecule has 0 unspecified atom stereocenters. The lowest BCUT2D eigenvalue weighted by molar-refractivity contribution is 0.0697. The first-order chi connectivity index (χ1) is 12.9. The maximum atomic E-state index is 10.9. The molecular formula is C19H17ClN4O3. The maximum Gasteiger partial charge on any atom is 0.335 e. The third kappa shape index (κ3) is 4.65. The SMILES string of the molecule is COc1ccc(Nc2nc(C)cc(Nc3ccc(C(=O)O)cc3)n2)cc1Cl. The van der Waals surface area contributed by atoms with Crippen LogP contribution in [0.5, 0.6) is 5.75 Å². The highest BCUT2D eigenvalue weighted by molar-refractivity contribution is 6.32. The largest absolute Gasteiger partial charge is 0.495 e. The molecule has 0 aliphatic carbocycles. The van der Waals surface area contributed by atoms with Crippen LogP contribution >= 0.6 is 11.6 Å². The van der Waals surface area contributed by atoms with Crippen molar-refractivity contribution in [1.29, 1.82) is 0 Å². The van der Waals surface area contributed by atoms with E-state index in [1.165, 1.54) is 12.1 Å². The summed E-state index contributed by atoms with van der Waals surface area (Å²) in [6, 6.07) is 13.5.